The van der Waals surface area contributed by atoms with Gasteiger partial charge in [-0.05, 0) is 88.8 Å². The van der Waals surface area contributed by atoms with Gasteiger partial charge in [0.25, 0.3) is 0 Å². The van der Waals surface area contributed by atoms with Crippen LogP contribution in [0, 0.1) is 64.2 Å². The number of ether oxygens (including phenoxy) is 2. The molecule has 0 amide bonds. The molecular weight excluding hydrogens is 921 g/mol. The van der Waals surface area contributed by atoms with E-state index in [9.17, 15) is 10.5 Å². The van der Waals surface area contributed by atoms with Gasteiger partial charge in [-0.15, -0.1) is 40.9 Å². The lowest BCUT2D eigenvalue weighted by Crippen LogP contribution is -2.10. The number of rotatable bonds is 22. The molecule has 0 saturated heterocycles. The van der Waals surface area contributed by atoms with Gasteiger partial charge in [0.2, 0.25) is 27.8 Å². The number of aryl methyl sites for hydroxylation is 6. The number of nitriles is 2. The van der Waals surface area contributed by atoms with Crippen LogP contribution in [-0.4, -0.2) is 94.3 Å². The highest BCUT2D eigenvalue weighted by Crippen LogP contribution is 2.42. The smallest absolute Gasteiger partial charge is 0.234 e. The highest BCUT2D eigenvalue weighted by atomic mass is 32.1. The Balaban J connectivity index is 1.20. The van der Waals surface area contributed by atoms with Crippen molar-refractivity contribution < 1.29 is 9.47 Å². The average Bonchev–Trinajstić information content (AvgIpc) is 4.12. The molecule has 3 aromatic carbocycles. The van der Waals surface area contributed by atoms with E-state index in [2.05, 4.69) is 130 Å². The fourth-order valence-corrected chi connectivity index (χ4v) is 8.38. The van der Waals surface area contributed by atoms with Crippen LogP contribution in [0.25, 0.3) is 10.3 Å². The van der Waals surface area contributed by atoms with E-state index in [1.807, 2.05) is 40.0 Å². The first-order valence-corrected chi connectivity index (χ1v) is 23.5. The summed E-state index contributed by atoms with van der Waals surface area (Å²) in [5.74, 6) is 1.22. The molecule has 71 heavy (non-hydrogen) atoms. The van der Waals surface area contributed by atoms with E-state index in [-0.39, 0.29) is 27.9 Å². The van der Waals surface area contributed by atoms with E-state index < -0.39 is 0 Å². The first kappa shape index (κ1) is 50.5. The van der Waals surface area contributed by atoms with Gasteiger partial charge in [0.1, 0.15) is 29.0 Å². The van der Waals surface area contributed by atoms with Gasteiger partial charge in [-0.2, -0.15) is 20.5 Å². The van der Waals surface area contributed by atoms with Crippen LogP contribution in [0.4, 0.5) is 69.0 Å². The predicted octanol–water partition coefficient (Wildman–Crippen LogP) is 10.6. The third-order valence-electron chi connectivity index (χ3n) is 10.9. The van der Waals surface area contributed by atoms with Crippen LogP contribution in [0.3, 0.4) is 0 Å². The fourth-order valence-electron chi connectivity index (χ4n) is 7.68. The van der Waals surface area contributed by atoms with Crippen molar-refractivity contribution in [2.45, 2.75) is 54.4 Å². The van der Waals surface area contributed by atoms with E-state index in [1.54, 1.807) is 21.3 Å². The van der Waals surface area contributed by atoms with Gasteiger partial charge in [-0.1, -0.05) is 46.7 Å². The zero-order valence-electron chi connectivity index (χ0n) is 41.3. The topological polar surface area (TPSA) is 275 Å². The lowest BCUT2D eigenvalue weighted by atomic mass is 10.0. The Morgan fingerprint density at radius 1 is 0.606 bits per heavy atom. The number of hydrogen-bond acceptors (Lipinski definition) is 21. The van der Waals surface area contributed by atoms with Crippen molar-refractivity contribution in [2.75, 3.05) is 86.5 Å². The van der Waals surface area contributed by atoms with E-state index in [4.69, 9.17) is 19.6 Å². The molecule has 7 aromatic rings. The molecular formula is C48H56N20O2S. The normalized spacial score (nSPS) is 11.3. The molecule has 22 nitrogen and oxygen atoms in total. The number of methoxy groups -OCH3 is 2. The number of nitrogens with zero attached hydrogens (tertiary/aromatic N) is 14. The minimum absolute atomic E-state index is 0.0198. The number of aromatic nitrogens is 8. The van der Waals surface area contributed by atoms with Gasteiger partial charge in [-0.3, -0.25) is 0 Å². The Labute approximate surface area is 415 Å². The Morgan fingerprint density at radius 3 is 1.61 bits per heavy atom. The summed E-state index contributed by atoms with van der Waals surface area (Å²) in [5, 5.41) is 77.4. The van der Waals surface area contributed by atoms with Gasteiger partial charge in [0.05, 0.1) is 23.8 Å². The molecule has 23 heteroatoms. The monoisotopic (exact) mass is 976 g/mol. The summed E-state index contributed by atoms with van der Waals surface area (Å²) >= 11 is 1.11. The van der Waals surface area contributed by atoms with E-state index in [1.165, 1.54) is 21.8 Å². The van der Waals surface area contributed by atoms with Crippen LogP contribution in [0.15, 0.2) is 69.2 Å². The van der Waals surface area contributed by atoms with E-state index in [0.29, 0.717) is 78.2 Å². The molecule has 7 rings (SSSR count). The summed E-state index contributed by atoms with van der Waals surface area (Å²) < 4.78 is 13.3. The van der Waals surface area contributed by atoms with Crippen molar-refractivity contribution in [1.29, 1.82) is 10.5 Å². The van der Waals surface area contributed by atoms with Gasteiger partial charge < -0.3 is 41.4 Å². The second-order valence-electron chi connectivity index (χ2n) is 16.5. The molecule has 0 bridgehead atoms. The molecule has 0 spiro atoms. The SMILES string of the molecule is CNc1cc(NCCCOC)c(N=Nc2nn(-c3nnc(-n4cc(C#N)c(N=Nc5c(NCCCOC)nc(NC)nc5Nc5c(C)cc(C)cc5C)n4)s3)cc2C#N)c(Nc2c(C)cc(C)cc2C)c1. The standard InChI is InChI=1S/C48H56N20O2S/c1-27-17-29(3)38(30(4)18-27)55-37-22-35(51-7)21-36(53-13-11-15-69-9)40(37)59-61-42-33(23-49)25-67(65-42)47-63-64-48(71-47)68-26-34(24-50)43(66-68)62-60-41-44(54-14-12-16-70-10)57-46(52-8)58-45(41)56-39-31(5)19-28(2)20-32(39)6/h17-22,25-26,51,53,55H,11-16H2,1-10H3,(H3,52,54,56,57,58). The van der Waals surface area contributed by atoms with Crippen molar-refractivity contribution in [3.63, 3.8) is 0 Å². The number of nitrogens with one attached hydrogen (secondary N) is 6. The quantitative estimate of drug-likeness (QED) is 0.0272. The molecule has 366 valence electrons. The first-order valence-electron chi connectivity index (χ1n) is 22.6. The summed E-state index contributed by atoms with van der Waals surface area (Å²) in [4.78, 5) is 9.37. The summed E-state index contributed by atoms with van der Waals surface area (Å²) in [6.07, 6.45) is 4.44. The Morgan fingerprint density at radius 2 is 1.10 bits per heavy atom. The molecule has 0 fully saturated rings. The minimum Gasteiger partial charge on any atom is -0.388 e. The van der Waals surface area contributed by atoms with Gasteiger partial charge in [-0.25, -0.2) is 9.36 Å². The highest BCUT2D eigenvalue weighted by Gasteiger charge is 2.21. The number of anilines is 8. The number of benzene rings is 3. The maximum atomic E-state index is 10.2. The lowest BCUT2D eigenvalue weighted by molar-refractivity contribution is 0.197. The Kier molecular flexibility index (Phi) is 16.6. The molecule has 0 aliphatic carbocycles. The molecule has 0 aliphatic heterocycles. The molecule has 0 unspecified atom stereocenters. The molecule has 6 N–H and O–H groups in total. The summed E-state index contributed by atoms with van der Waals surface area (Å²) in [5.41, 5.74) is 11.6. The molecule has 0 saturated carbocycles. The second-order valence-corrected chi connectivity index (χ2v) is 17.4. The van der Waals surface area contributed by atoms with Crippen molar-refractivity contribution in [3.8, 4) is 22.4 Å². The van der Waals surface area contributed by atoms with Crippen molar-refractivity contribution >= 4 is 80.4 Å². The zero-order valence-corrected chi connectivity index (χ0v) is 42.2. The van der Waals surface area contributed by atoms with Crippen LogP contribution in [0.1, 0.15) is 57.3 Å². The predicted molar refractivity (Wildman–Crippen MR) is 277 cm³/mol. The van der Waals surface area contributed by atoms with Gasteiger partial charge >= 0.3 is 0 Å². The highest BCUT2D eigenvalue weighted by molar-refractivity contribution is 7.16. The van der Waals surface area contributed by atoms with Crippen molar-refractivity contribution in [2.24, 2.45) is 20.5 Å². The van der Waals surface area contributed by atoms with Crippen molar-refractivity contribution in [3.05, 3.63) is 93.3 Å². The fraction of sp³-hybridized carbons (Fsp3) is 0.333. The van der Waals surface area contributed by atoms with E-state index >= 15 is 0 Å². The molecule has 4 heterocycles. The third-order valence-corrected chi connectivity index (χ3v) is 11.8. The van der Waals surface area contributed by atoms with Crippen LogP contribution in [-0.2, 0) is 9.47 Å². The molecule has 0 radical (unpaired) electrons. The number of hydrogen-bond donors (Lipinski definition) is 6. The van der Waals surface area contributed by atoms with Crippen LogP contribution < -0.4 is 31.9 Å². The molecule has 0 aliphatic rings. The Hall–Kier alpha value is -8.38. The van der Waals surface area contributed by atoms with E-state index in [0.717, 1.165) is 68.2 Å². The third kappa shape index (κ3) is 12.1. The second kappa shape index (κ2) is 23.3. The van der Waals surface area contributed by atoms with Crippen LogP contribution >= 0.6 is 11.3 Å². The minimum atomic E-state index is 0.0198. The summed E-state index contributed by atoms with van der Waals surface area (Å²) in [7, 11) is 6.90. The maximum absolute atomic E-state index is 10.2. The lowest BCUT2D eigenvalue weighted by Gasteiger charge is -2.19. The Bertz CT molecular complexity index is 2920. The largest absolute Gasteiger partial charge is 0.388 e. The van der Waals surface area contributed by atoms with Crippen molar-refractivity contribution in [1.82, 2.24) is 39.7 Å². The summed E-state index contributed by atoms with van der Waals surface area (Å²) in [6, 6.07) is 16.6. The van der Waals surface area contributed by atoms with Crippen LogP contribution in [0.2, 0.25) is 0 Å². The zero-order chi connectivity index (χ0) is 50.6. The molecule has 4 aromatic heterocycles. The number of azo groups is 2. The van der Waals surface area contributed by atoms with Gasteiger partial charge in [0.15, 0.2) is 17.3 Å². The maximum Gasteiger partial charge on any atom is 0.234 e. The van der Waals surface area contributed by atoms with Crippen LogP contribution in [0.5, 0.6) is 0 Å². The van der Waals surface area contributed by atoms with Gasteiger partial charge in [0, 0.05) is 71.7 Å². The molecule has 0 atom stereocenters. The first-order chi connectivity index (χ1) is 34.4. The average molecular weight is 977 g/mol. The summed E-state index contributed by atoms with van der Waals surface area (Å²) in [6.45, 7) is 14.5.